The van der Waals surface area contributed by atoms with Crippen molar-refractivity contribution in [3.8, 4) is 11.1 Å². The third kappa shape index (κ3) is 4.28. The molecule has 0 heterocycles. The quantitative estimate of drug-likeness (QED) is 0.386. The van der Waals surface area contributed by atoms with Crippen LogP contribution in [-0.2, 0) is 20.8 Å². The average molecular weight is 409 g/mol. The van der Waals surface area contributed by atoms with Crippen LogP contribution in [0.5, 0.6) is 0 Å². The van der Waals surface area contributed by atoms with Crippen molar-refractivity contribution in [2.24, 2.45) is 0 Å². The van der Waals surface area contributed by atoms with Crippen LogP contribution >= 0.6 is 17.0 Å². The predicted octanol–water partition coefficient (Wildman–Crippen LogP) is 6.84. The van der Waals surface area contributed by atoms with Gasteiger partial charge in [0, 0.05) is 0 Å². The van der Waals surface area contributed by atoms with E-state index in [4.69, 9.17) is 17.0 Å². The summed E-state index contributed by atoms with van der Waals surface area (Å²) in [4.78, 5) is 0. The van der Waals surface area contributed by atoms with Gasteiger partial charge in [0.2, 0.25) is 0 Å². The molecule has 0 radical (unpaired) electrons. The molecule has 0 saturated carbocycles. The van der Waals surface area contributed by atoms with Crippen molar-refractivity contribution in [3.05, 3.63) is 64.7 Å². The molecule has 0 saturated heterocycles. The van der Waals surface area contributed by atoms with Gasteiger partial charge < -0.3 is 0 Å². The van der Waals surface area contributed by atoms with E-state index >= 15 is 0 Å². The van der Waals surface area contributed by atoms with Crippen LogP contribution in [0.3, 0.4) is 0 Å². The molecule has 3 aromatic carbocycles. The summed E-state index contributed by atoms with van der Waals surface area (Å²) < 4.78 is 0. The van der Waals surface area contributed by atoms with Crippen molar-refractivity contribution < 1.29 is 20.8 Å². The predicted molar refractivity (Wildman–Crippen MR) is 95.6 cm³/mol. The van der Waals surface area contributed by atoms with Gasteiger partial charge in [-0.15, -0.1) is 28.5 Å². The first-order valence-corrected chi connectivity index (χ1v) is 13.5. The summed E-state index contributed by atoms with van der Waals surface area (Å²) in [6.45, 7) is 8.67. The Morgan fingerprint density at radius 2 is 1.32 bits per heavy atom. The van der Waals surface area contributed by atoms with Crippen molar-refractivity contribution in [2.45, 2.75) is 27.7 Å². The molecular weight excluding hydrogens is 390 g/mol. The third-order valence-corrected chi connectivity index (χ3v) is 3.64. The first kappa shape index (κ1) is 17.9. The van der Waals surface area contributed by atoms with Crippen LogP contribution in [0.25, 0.3) is 21.9 Å². The topological polar surface area (TPSA) is 0 Å². The SMILES string of the molecule is Cc1cc(C)cc(-c2cc(C)cc3[cH-]c(C)cc23)c1.[Cl][Zr][Cl]. The van der Waals surface area contributed by atoms with Gasteiger partial charge in [-0.05, 0) is 26.3 Å². The van der Waals surface area contributed by atoms with Crippen molar-refractivity contribution >= 4 is 27.8 Å². The van der Waals surface area contributed by atoms with Crippen LogP contribution in [-0.4, -0.2) is 0 Å². The van der Waals surface area contributed by atoms with Gasteiger partial charge in [0.05, 0.1) is 0 Å². The molecule has 3 aromatic rings. The van der Waals surface area contributed by atoms with E-state index < -0.39 is 20.8 Å². The first-order valence-electron chi connectivity index (χ1n) is 7.17. The second kappa shape index (κ2) is 7.87. The molecule has 22 heavy (non-hydrogen) atoms. The molecule has 0 nitrogen and oxygen atoms in total. The van der Waals surface area contributed by atoms with E-state index in [1.54, 1.807) is 0 Å². The molecule has 0 amide bonds. The Balaban J connectivity index is 0.000000545. The molecular formula is C19H19Cl2Zr-. The number of hydrogen-bond donors (Lipinski definition) is 0. The Kier molecular flexibility index (Phi) is 6.39. The van der Waals surface area contributed by atoms with Crippen LogP contribution in [0.15, 0.2) is 42.5 Å². The number of benzene rings is 2. The molecule has 0 aliphatic rings. The summed E-state index contributed by atoms with van der Waals surface area (Å²) >= 11 is -0.826. The summed E-state index contributed by atoms with van der Waals surface area (Å²) in [7, 11) is 9.87. The van der Waals surface area contributed by atoms with E-state index in [1.165, 1.54) is 44.2 Å². The summed E-state index contributed by atoms with van der Waals surface area (Å²) in [5.74, 6) is 0. The Hall–Kier alpha value is -0.487. The monoisotopic (exact) mass is 407 g/mol. The van der Waals surface area contributed by atoms with E-state index in [1.807, 2.05) is 0 Å². The van der Waals surface area contributed by atoms with Crippen LogP contribution in [0.2, 0.25) is 0 Å². The van der Waals surface area contributed by atoms with Gasteiger partial charge >= 0.3 is 37.9 Å². The zero-order chi connectivity index (χ0) is 16.3. The Bertz CT molecular complexity index is 767. The third-order valence-electron chi connectivity index (χ3n) is 3.64. The first-order chi connectivity index (χ1) is 10.4. The van der Waals surface area contributed by atoms with Gasteiger partial charge in [-0.2, -0.15) is 6.07 Å². The van der Waals surface area contributed by atoms with Crippen LogP contribution in [0.1, 0.15) is 22.3 Å². The number of fused-ring (bicyclic) bond motifs is 1. The van der Waals surface area contributed by atoms with Gasteiger partial charge in [0.1, 0.15) is 0 Å². The fraction of sp³-hybridized carbons (Fsp3) is 0.211. The number of aryl methyl sites for hydroxylation is 4. The number of halogens is 2. The molecule has 0 aliphatic carbocycles. The zero-order valence-corrected chi connectivity index (χ0v) is 17.3. The number of rotatable bonds is 1. The molecule has 114 valence electrons. The standard InChI is InChI=1S/C19H19.2ClH.Zr/c1-12-5-13(2)7-16(6-12)18-10-14(3)8-17-9-15(4)11-19(17)18;;;/h5-11H,1-4H3;2*1H;/q-1;;;+2/p-2. The minimum atomic E-state index is -0.826. The fourth-order valence-corrected chi connectivity index (χ4v) is 2.99. The Morgan fingerprint density at radius 3 is 1.91 bits per heavy atom. The van der Waals surface area contributed by atoms with Crippen LogP contribution in [0, 0.1) is 27.7 Å². The van der Waals surface area contributed by atoms with E-state index in [0.29, 0.717) is 0 Å². The second-order valence-electron chi connectivity index (χ2n) is 5.80. The minimum absolute atomic E-state index is 0.826. The van der Waals surface area contributed by atoms with Gasteiger partial charge in [-0.25, -0.2) is 0 Å². The normalized spacial score (nSPS) is 10.3. The molecule has 0 atom stereocenters. The number of hydrogen-bond acceptors (Lipinski definition) is 0. The van der Waals surface area contributed by atoms with E-state index in [0.717, 1.165) is 0 Å². The summed E-state index contributed by atoms with van der Waals surface area (Å²) in [5, 5.41) is 2.72. The molecule has 3 rings (SSSR count). The summed E-state index contributed by atoms with van der Waals surface area (Å²) in [6.07, 6.45) is 0. The van der Waals surface area contributed by atoms with Crippen molar-refractivity contribution in [1.82, 2.24) is 0 Å². The second-order valence-corrected chi connectivity index (χ2v) is 9.53. The molecule has 0 aliphatic heterocycles. The van der Waals surface area contributed by atoms with Crippen molar-refractivity contribution in [1.29, 1.82) is 0 Å². The fourth-order valence-electron chi connectivity index (χ4n) is 2.99. The van der Waals surface area contributed by atoms with Gasteiger partial charge in [-0.1, -0.05) is 53.4 Å². The molecule has 0 aromatic heterocycles. The molecule has 0 N–H and O–H groups in total. The van der Waals surface area contributed by atoms with E-state index in [9.17, 15) is 0 Å². The zero-order valence-electron chi connectivity index (χ0n) is 13.3. The van der Waals surface area contributed by atoms with Gasteiger partial charge in [0.25, 0.3) is 0 Å². The Labute approximate surface area is 151 Å². The molecule has 3 heteroatoms. The van der Waals surface area contributed by atoms with Gasteiger partial charge in [-0.3, -0.25) is 0 Å². The summed E-state index contributed by atoms with van der Waals surface area (Å²) in [6, 6.07) is 15.9. The van der Waals surface area contributed by atoms with E-state index in [2.05, 4.69) is 70.2 Å². The van der Waals surface area contributed by atoms with Crippen molar-refractivity contribution in [2.75, 3.05) is 0 Å². The maximum atomic E-state index is 4.93. The maximum absolute atomic E-state index is 4.93. The molecule has 0 bridgehead atoms. The Morgan fingerprint density at radius 1 is 0.773 bits per heavy atom. The van der Waals surface area contributed by atoms with Crippen LogP contribution < -0.4 is 0 Å². The van der Waals surface area contributed by atoms with Crippen molar-refractivity contribution in [3.63, 3.8) is 0 Å². The van der Waals surface area contributed by atoms with Gasteiger partial charge in [0.15, 0.2) is 0 Å². The molecule has 0 unspecified atom stereocenters. The molecule has 0 spiro atoms. The summed E-state index contributed by atoms with van der Waals surface area (Å²) in [5.41, 5.74) is 8.01. The van der Waals surface area contributed by atoms with E-state index in [-0.39, 0.29) is 0 Å². The van der Waals surface area contributed by atoms with Crippen LogP contribution in [0.4, 0.5) is 0 Å². The average Bonchev–Trinajstić information content (AvgIpc) is 2.77. The molecule has 0 fully saturated rings.